The Morgan fingerprint density at radius 1 is 1.07 bits per heavy atom. The highest BCUT2D eigenvalue weighted by molar-refractivity contribution is 8.16. The van der Waals surface area contributed by atoms with E-state index >= 15 is 4.39 Å². The van der Waals surface area contributed by atoms with E-state index in [1.165, 1.54) is 17.0 Å². The summed E-state index contributed by atoms with van der Waals surface area (Å²) in [7, 11) is 0. The number of rotatable bonds is 8. The zero-order chi connectivity index (χ0) is 31.2. The highest BCUT2D eigenvalue weighted by atomic mass is 32.2. The van der Waals surface area contributed by atoms with Crippen LogP contribution in [0.15, 0.2) is 23.3 Å². The Hall–Kier alpha value is -3.55. The van der Waals surface area contributed by atoms with Crippen molar-refractivity contribution >= 4 is 46.7 Å². The van der Waals surface area contributed by atoms with Crippen molar-refractivity contribution in [2.24, 2.45) is 5.10 Å². The van der Waals surface area contributed by atoms with E-state index in [9.17, 15) is 19.2 Å². The molecule has 0 bridgehead atoms. The van der Waals surface area contributed by atoms with E-state index < -0.39 is 52.1 Å². The van der Waals surface area contributed by atoms with Gasteiger partial charge in [0, 0.05) is 5.56 Å². The molecule has 1 saturated heterocycles. The van der Waals surface area contributed by atoms with Crippen LogP contribution in [0.5, 0.6) is 0 Å². The normalized spacial score (nSPS) is 16.1. The first-order chi connectivity index (χ1) is 18.8. The number of hydrazone groups is 1. The van der Waals surface area contributed by atoms with Crippen LogP contribution >= 0.6 is 11.8 Å². The topological polar surface area (TPSA) is 145 Å². The molecular formula is C27H39FN4O8S. The Morgan fingerprint density at radius 3 is 2.24 bits per heavy atom. The fourth-order valence-electron chi connectivity index (χ4n) is 3.32. The van der Waals surface area contributed by atoms with Crippen LogP contribution in [0.1, 0.15) is 67.9 Å². The average molecular weight is 599 g/mol. The number of nitrogens with zero attached hydrogens (tertiary/aromatic N) is 2. The lowest BCUT2D eigenvalue weighted by atomic mass is 10.2. The van der Waals surface area contributed by atoms with Crippen molar-refractivity contribution < 1.29 is 42.5 Å². The molecule has 0 saturated carbocycles. The van der Waals surface area contributed by atoms with Crippen LogP contribution in [0.25, 0.3) is 0 Å². The van der Waals surface area contributed by atoms with Crippen molar-refractivity contribution in [1.82, 2.24) is 10.7 Å². The third-order valence-electron chi connectivity index (χ3n) is 5.01. The monoisotopic (exact) mass is 598 g/mol. The van der Waals surface area contributed by atoms with E-state index in [1.54, 1.807) is 62.3 Å². The number of ether oxygens (including phenoxy) is 4. The van der Waals surface area contributed by atoms with Gasteiger partial charge in [-0.15, -0.1) is 0 Å². The number of carbonyl (C=O) groups excluding carboxylic acids is 4. The summed E-state index contributed by atoms with van der Waals surface area (Å²) in [4.78, 5) is 50.4. The minimum absolute atomic E-state index is 0.00441. The Morgan fingerprint density at radius 2 is 1.68 bits per heavy atom. The van der Waals surface area contributed by atoms with Crippen LogP contribution in [0.2, 0.25) is 0 Å². The van der Waals surface area contributed by atoms with Gasteiger partial charge >= 0.3 is 24.2 Å². The van der Waals surface area contributed by atoms with E-state index in [-0.39, 0.29) is 36.0 Å². The van der Waals surface area contributed by atoms with Gasteiger partial charge in [0.1, 0.15) is 32.9 Å². The highest BCUT2D eigenvalue weighted by Gasteiger charge is 2.35. The minimum Gasteiger partial charge on any atom is -0.465 e. The van der Waals surface area contributed by atoms with Crippen molar-refractivity contribution in [3.63, 3.8) is 0 Å². The Kier molecular flexibility index (Phi) is 11.0. The molecule has 0 aliphatic carbocycles. The van der Waals surface area contributed by atoms with Gasteiger partial charge in [-0.2, -0.15) is 5.10 Å². The van der Waals surface area contributed by atoms with Crippen LogP contribution in [-0.4, -0.2) is 71.0 Å². The van der Waals surface area contributed by atoms with Crippen molar-refractivity contribution in [1.29, 1.82) is 0 Å². The summed E-state index contributed by atoms with van der Waals surface area (Å²) >= 11 is 0.882. The SMILES string of the molecule is CCOC(=O)C(C)(C)SC(=NNC(=O)OC(C)(C)C)c1ccc(N2C[C@H](CNC(=O)OC(C)(C)C)OC2=O)cc1F. The van der Waals surface area contributed by atoms with Crippen LogP contribution in [0.3, 0.4) is 0 Å². The van der Waals surface area contributed by atoms with Gasteiger partial charge < -0.3 is 24.3 Å². The van der Waals surface area contributed by atoms with E-state index in [2.05, 4.69) is 15.8 Å². The summed E-state index contributed by atoms with van der Waals surface area (Å²) in [6.07, 6.45) is -2.93. The molecule has 0 aromatic heterocycles. The van der Waals surface area contributed by atoms with Gasteiger partial charge in [0.2, 0.25) is 0 Å². The number of cyclic esters (lactones) is 1. The molecule has 1 atom stereocenters. The molecule has 0 radical (unpaired) electrons. The maximum atomic E-state index is 15.5. The number of hydrogen-bond acceptors (Lipinski definition) is 10. The lowest BCUT2D eigenvalue weighted by Crippen LogP contribution is -2.38. The first kappa shape index (κ1) is 33.7. The number of alkyl carbamates (subject to hydrolysis) is 1. The number of thioether (sulfide) groups is 1. The number of nitrogens with one attached hydrogen (secondary N) is 2. The molecule has 2 N–H and O–H groups in total. The molecule has 1 aromatic carbocycles. The first-order valence-electron chi connectivity index (χ1n) is 13.0. The summed E-state index contributed by atoms with van der Waals surface area (Å²) in [6, 6.07) is 3.96. The van der Waals surface area contributed by atoms with Gasteiger partial charge in [0.25, 0.3) is 0 Å². The Balaban J connectivity index is 2.26. The lowest BCUT2D eigenvalue weighted by molar-refractivity contribution is -0.145. The second-order valence-corrected chi connectivity index (χ2v) is 13.1. The molecule has 14 heteroatoms. The molecule has 41 heavy (non-hydrogen) atoms. The van der Waals surface area contributed by atoms with Crippen LogP contribution in [0, 0.1) is 5.82 Å². The Bertz CT molecular complexity index is 1180. The maximum Gasteiger partial charge on any atom is 0.428 e. The molecule has 1 fully saturated rings. The summed E-state index contributed by atoms with van der Waals surface area (Å²) < 4.78 is 35.1. The van der Waals surface area contributed by atoms with Gasteiger partial charge in [0.15, 0.2) is 0 Å². The van der Waals surface area contributed by atoms with E-state index in [1.807, 2.05) is 0 Å². The molecule has 1 aromatic rings. The lowest BCUT2D eigenvalue weighted by Gasteiger charge is -2.23. The largest absolute Gasteiger partial charge is 0.465 e. The van der Waals surface area contributed by atoms with Crippen molar-refractivity contribution in [2.75, 3.05) is 24.6 Å². The number of halogens is 1. The van der Waals surface area contributed by atoms with Crippen LogP contribution in [-0.2, 0) is 23.7 Å². The Labute approximate surface area is 243 Å². The number of anilines is 1. The molecule has 1 heterocycles. The van der Waals surface area contributed by atoms with Crippen molar-refractivity contribution in [3.8, 4) is 0 Å². The van der Waals surface area contributed by atoms with Gasteiger partial charge in [0.05, 0.1) is 25.4 Å². The number of esters is 1. The maximum absolute atomic E-state index is 15.5. The molecule has 0 unspecified atom stereocenters. The molecule has 2 rings (SSSR count). The number of benzene rings is 1. The van der Waals surface area contributed by atoms with Gasteiger partial charge in [-0.05, 0) is 80.5 Å². The third kappa shape index (κ3) is 10.7. The average Bonchev–Trinajstić information content (AvgIpc) is 3.19. The van der Waals surface area contributed by atoms with E-state index in [4.69, 9.17) is 18.9 Å². The zero-order valence-electron chi connectivity index (χ0n) is 24.9. The van der Waals surface area contributed by atoms with Gasteiger partial charge in [-0.1, -0.05) is 11.8 Å². The molecular weight excluding hydrogens is 559 g/mol. The molecule has 3 amide bonds. The second-order valence-electron chi connectivity index (χ2n) is 11.5. The summed E-state index contributed by atoms with van der Waals surface area (Å²) in [5, 5.41) is 6.56. The smallest absolute Gasteiger partial charge is 0.428 e. The van der Waals surface area contributed by atoms with Gasteiger partial charge in [-0.3, -0.25) is 9.69 Å². The standard InChI is InChI=1S/C27H39FN4O8S/c1-10-37-21(33)27(8,9)41-20(30-31-23(35)40-26(5,6)7)18-12-11-16(13-19(18)28)32-15-17(38-24(32)36)14-29-22(34)39-25(2,3)4/h11-13,17H,10,14-15H2,1-9H3,(H,29,34)(H,31,35)/t17-/m0/s1. The molecule has 0 spiro atoms. The first-order valence-corrected chi connectivity index (χ1v) is 13.8. The predicted molar refractivity (Wildman–Crippen MR) is 152 cm³/mol. The fraction of sp³-hybridized carbons (Fsp3) is 0.593. The number of carbonyl (C=O) groups is 4. The third-order valence-corrected chi connectivity index (χ3v) is 6.19. The molecule has 12 nitrogen and oxygen atoms in total. The van der Waals surface area contributed by atoms with Crippen molar-refractivity contribution in [3.05, 3.63) is 29.6 Å². The van der Waals surface area contributed by atoms with E-state index in [0.29, 0.717) is 0 Å². The minimum atomic E-state index is -1.19. The quantitative estimate of drug-likeness (QED) is 0.140. The van der Waals surface area contributed by atoms with Crippen molar-refractivity contribution in [2.45, 2.75) is 84.4 Å². The summed E-state index contributed by atoms with van der Waals surface area (Å²) in [5.74, 6) is -1.33. The number of hydrogen-bond donors (Lipinski definition) is 2. The predicted octanol–water partition coefficient (Wildman–Crippen LogP) is 4.94. The van der Waals surface area contributed by atoms with Crippen LogP contribution < -0.4 is 15.6 Å². The highest BCUT2D eigenvalue weighted by Crippen LogP contribution is 2.33. The molecule has 228 valence electrons. The second kappa shape index (κ2) is 13.4. The summed E-state index contributed by atoms with van der Waals surface area (Å²) in [5.41, 5.74) is 0.915. The summed E-state index contributed by atoms with van der Waals surface area (Å²) in [6.45, 7) is 15.2. The molecule has 1 aliphatic rings. The van der Waals surface area contributed by atoms with E-state index in [0.717, 1.165) is 17.8 Å². The fourth-order valence-corrected chi connectivity index (χ4v) is 4.31. The van der Waals surface area contributed by atoms with Gasteiger partial charge in [-0.25, -0.2) is 24.2 Å². The molecule has 1 aliphatic heterocycles. The van der Waals surface area contributed by atoms with Crippen LogP contribution in [0.4, 0.5) is 24.5 Å². The number of amides is 3. The zero-order valence-corrected chi connectivity index (χ0v) is 25.7.